The van der Waals surface area contributed by atoms with Crippen LogP contribution in [0.2, 0.25) is 0 Å². The molecule has 0 spiro atoms. The van der Waals surface area contributed by atoms with Crippen LogP contribution in [0.5, 0.6) is 0 Å². The minimum Gasteiger partial charge on any atom is -0.324 e. The quantitative estimate of drug-likeness (QED) is 0.887. The molecule has 19 heavy (non-hydrogen) atoms. The third kappa shape index (κ3) is 2.14. The van der Waals surface area contributed by atoms with Crippen molar-refractivity contribution in [1.82, 2.24) is 4.98 Å². The van der Waals surface area contributed by atoms with E-state index in [0.717, 1.165) is 24.1 Å². The summed E-state index contributed by atoms with van der Waals surface area (Å²) in [5.74, 6) is 0. The fourth-order valence-electron chi connectivity index (χ4n) is 3.29. The Morgan fingerprint density at radius 3 is 2.63 bits per heavy atom. The summed E-state index contributed by atoms with van der Waals surface area (Å²) in [7, 11) is 0. The lowest BCUT2D eigenvalue weighted by molar-refractivity contribution is 0.206. The summed E-state index contributed by atoms with van der Waals surface area (Å²) in [6, 6.07) is 12.5. The van der Waals surface area contributed by atoms with Crippen molar-refractivity contribution in [2.75, 3.05) is 0 Å². The highest BCUT2D eigenvalue weighted by molar-refractivity contribution is 5.78. The van der Waals surface area contributed by atoms with Gasteiger partial charge in [0.15, 0.2) is 0 Å². The van der Waals surface area contributed by atoms with Gasteiger partial charge in [0.25, 0.3) is 0 Å². The van der Waals surface area contributed by atoms with Crippen LogP contribution in [0.15, 0.2) is 36.4 Å². The SMILES string of the molecule is CC1(C)CCCC1(N)Cc1ccc2ccccc2n1. The first-order valence-corrected chi connectivity index (χ1v) is 7.14. The molecule has 0 radical (unpaired) electrons. The van der Waals surface area contributed by atoms with E-state index in [1.807, 2.05) is 12.1 Å². The fourth-order valence-corrected chi connectivity index (χ4v) is 3.29. The van der Waals surface area contributed by atoms with Crippen LogP contribution in [0.1, 0.15) is 38.8 Å². The summed E-state index contributed by atoms with van der Waals surface area (Å²) in [6.07, 6.45) is 4.44. The number of benzene rings is 1. The van der Waals surface area contributed by atoms with Gasteiger partial charge in [-0.25, -0.2) is 0 Å². The number of fused-ring (bicyclic) bond motifs is 1. The van der Waals surface area contributed by atoms with E-state index in [1.54, 1.807) is 0 Å². The molecule has 3 rings (SSSR count). The van der Waals surface area contributed by atoms with Crippen LogP contribution in [-0.4, -0.2) is 10.5 Å². The third-order valence-corrected chi connectivity index (χ3v) is 4.93. The molecule has 2 aromatic rings. The van der Waals surface area contributed by atoms with Gasteiger partial charge in [-0.3, -0.25) is 4.98 Å². The van der Waals surface area contributed by atoms with Crippen molar-refractivity contribution in [3.63, 3.8) is 0 Å². The van der Waals surface area contributed by atoms with E-state index in [2.05, 4.69) is 38.1 Å². The first-order valence-electron chi connectivity index (χ1n) is 7.14. The Morgan fingerprint density at radius 1 is 1.11 bits per heavy atom. The van der Waals surface area contributed by atoms with Crippen LogP contribution in [0.3, 0.4) is 0 Å². The van der Waals surface area contributed by atoms with Crippen molar-refractivity contribution < 1.29 is 0 Å². The molecule has 0 amide bonds. The van der Waals surface area contributed by atoms with E-state index < -0.39 is 0 Å². The zero-order valence-electron chi connectivity index (χ0n) is 11.8. The van der Waals surface area contributed by atoms with Crippen LogP contribution in [0, 0.1) is 5.41 Å². The van der Waals surface area contributed by atoms with Gasteiger partial charge in [-0.05, 0) is 30.4 Å². The third-order valence-electron chi connectivity index (χ3n) is 4.93. The average Bonchev–Trinajstić information content (AvgIpc) is 2.63. The molecule has 1 aromatic heterocycles. The second kappa shape index (κ2) is 4.31. The molecule has 2 nitrogen and oxygen atoms in total. The van der Waals surface area contributed by atoms with Gasteiger partial charge in [0.2, 0.25) is 0 Å². The molecule has 0 aliphatic heterocycles. The molecule has 0 bridgehead atoms. The van der Waals surface area contributed by atoms with E-state index in [9.17, 15) is 0 Å². The maximum absolute atomic E-state index is 6.67. The second-order valence-corrected chi connectivity index (χ2v) is 6.57. The Kier molecular flexibility index (Phi) is 2.86. The van der Waals surface area contributed by atoms with Gasteiger partial charge >= 0.3 is 0 Å². The van der Waals surface area contributed by atoms with Gasteiger partial charge in [0.05, 0.1) is 5.52 Å². The molecular weight excluding hydrogens is 232 g/mol. The van der Waals surface area contributed by atoms with E-state index in [1.165, 1.54) is 18.2 Å². The van der Waals surface area contributed by atoms with Crippen molar-refractivity contribution in [2.24, 2.45) is 11.1 Å². The summed E-state index contributed by atoms with van der Waals surface area (Å²) >= 11 is 0. The lowest BCUT2D eigenvalue weighted by atomic mass is 9.73. The highest BCUT2D eigenvalue weighted by Gasteiger charge is 2.45. The number of nitrogens with zero attached hydrogens (tertiary/aromatic N) is 1. The monoisotopic (exact) mass is 254 g/mol. The summed E-state index contributed by atoms with van der Waals surface area (Å²) in [6.45, 7) is 4.59. The highest BCUT2D eigenvalue weighted by Crippen LogP contribution is 2.45. The predicted octanol–water partition coefficient (Wildman–Crippen LogP) is 3.68. The van der Waals surface area contributed by atoms with E-state index >= 15 is 0 Å². The van der Waals surface area contributed by atoms with Crippen molar-refractivity contribution in [3.05, 3.63) is 42.1 Å². The molecule has 2 heteroatoms. The van der Waals surface area contributed by atoms with Gasteiger partial charge in [-0.15, -0.1) is 0 Å². The topological polar surface area (TPSA) is 38.9 Å². The van der Waals surface area contributed by atoms with Gasteiger partial charge in [-0.2, -0.15) is 0 Å². The Labute approximate surface area is 115 Å². The number of hydrogen-bond acceptors (Lipinski definition) is 2. The molecule has 1 fully saturated rings. The van der Waals surface area contributed by atoms with Crippen LogP contribution < -0.4 is 5.73 Å². The van der Waals surface area contributed by atoms with E-state index in [0.29, 0.717) is 0 Å². The Hall–Kier alpha value is -1.41. The van der Waals surface area contributed by atoms with Crippen LogP contribution in [0.4, 0.5) is 0 Å². The largest absolute Gasteiger partial charge is 0.324 e. The zero-order valence-corrected chi connectivity index (χ0v) is 11.8. The summed E-state index contributed by atoms with van der Waals surface area (Å²) < 4.78 is 0. The second-order valence-electron chi connectivity index (χ2n) is 6.57. The average molecular weight is 254 g/mol. The van der Waals surface area contributed by atoms with E-state index in [4.69, 9.17) is 10.7 Å². The van der Waals surface area contributed by atoms with Crippen molar-refractivity contribution in [3.8, 4) is 0 Å². The predicted molar refractivity (Wildman–Crippen MR) is 80.0 cm³/mol. The molecule has 1 aliphatic carbocycles. The first-order chi connectivity index (χ1) is 9.00. The summed E-state index contributed by atoms with van der Waals surface area (Å²) in [4.78, 5) is 4.77. The van der Waals surface area contributed by atoms with Crippen molar-refractivity contribution in [2.45, 2.75) is 45.1 Å². The Bertz CT molecular complexity index is 603. The maximum atomic E-state index is 6.67. The number of rotatable bonds is 2. The lowest BCUT2D eigenvalue weighted by Gasteiger charge is -2.38. The zero-order chi connectivity index (χ0) is 13.5. The molecule has 1 aliphatic rings. The van der Waals surface area contributed by atoms with Crippen LogP contribution in [0.25, 0.3) is 10.9 Å². The van der Waals surface area contributed by atoms with Gasteiger partial charge in [0.1, 0.15) is 0 Å². The van der Waals surface area contributed by atoms with Gasteiger partial charge in [0, 0.05) is 23.0 Å². The van der Waals surface area contributed by atoms with Gasteiger partial charge < -0.3 is 5.73 Å². The molecule has 1 unspecified atom stereocenters. The molecule has 1 atom stereocenters. The number of para-hydroxylation sites is 1. The van der Waals surface area contributed by atoms with Crippen molar-refractivity contribution >= 4 is 10.9 Å². The molecule has 1 saturated carbocycles. The minimum absolute atomic E-state index is 0.109. The fraction of sp³-hybridized carbons (Fsp3) is 0.471. The van der Waals surface area contributed by atoms with E-state index in [-0.39, 0.29) is 11.0 Å². The normalized spacial score (nSPS) is 25.8. The molecule has 2 N–H and O–H groups in total. The number of nitrogens with two attached hydrogens (primary N) is 1. The molecule has 1 heterocycles. The highest BCUT2D eigenvalue weighted by atomic mass is 14.8. The Balaban J connectivity index is 1.93. The molecule has 0 saturated heterocycles. The van der Waals surface area contributed by atoms with Crippen molar-refractivity contribution in [1.29, 1.82) is 0 Å². The molecule has 1 aromatic carbocycles. The standard InChI is InChI=1S/C17H22N2/c1-16(2)10-5-11-17(16,18)12-14-9-8-13-6-3-4-7-15(13)19-14/h3-4,6-9H,5,10-12,18H2,1-2H3. The first kappa shape index (κ1) is 12.6. The van der Waals surface area contributed by atoms with Gasteiger partial charge in [-0.1, -0.05) is 44.5 Å². The smallest absolute Gasteiger partial charge is 0.0705 e. The number of aromatic nitrogens is 1. The number of pyridine rings is 1. The van der Waals surface area contributed by atoms with Crippen LogP contribution in [-0.2, 0) is 6.42 Å². The molecular formula is C17H22N2. The Morgan fingerprint density at radius 2 is 1.89 bits per heavy atom. The summed E-state index contributed by atoms with van der Waals surface area (Å²) in [5.41, 5.74) is 8.96. The maximum Gasteiger partial charge on any atom is 0.0705 e. The van der Waals surface area contributed by atoms with Crippen LogP contribution >= 0.6 is 0 Å². The number of hydrogen-bond donors (Lipinski definition) is 1. The summed E-state index contributed by atoms with van der Waals surface area (Å²) in [5, 5.41) is 1.20. The molecule has 100 valence electrons. The lowest BCUT2D eigenvalue weighted by Crippen LogP contribution is -2.50. The minimum atomic E-state index is -0.109.